The normalized spacial score (nSPS) is 10.6. The standard InChI is InChI=1S/C23H24N2O3S/c1-5-18-8-6-7-9-21(18)25(17(4)26)23-24-20(14-29-23)13-28-22(27)19-11-15(2)10-16(3)12-19/h6-12,14H,5,13H2,1-4H3. The Morgan fingerprint density at radius 1 is 1.10 bits per heavy atom. The molecule has 2 aromatic carbocycles. The van der Waals surface area contributed by atoms with Crippen LogP contribution in [0, 0.1) is 13.8 Å². The number of carbonyl (C=O) groups excluding carboxylic acids is 2. The molecule has 6 heteroatoms. The molecule has 0 spiro atoms. The van der Waals surface area contributed by atoms with Gasteiger partial charge < -0.3 is 4.74 Å². The molecule has 0 aliphatic heterocycles. The maximum absolute atomic E-state index is 12.4. The number of carbonyl (C=O) groups is 2. The van der Waals surface area contributed by atoms with Gasteiger partial charge >= 0.3 is 5.97 Å². The first-order chi connectivity index (χ1) is 13.9. The fourth-order valence-corrected chi connectivity index (χ4v) is 4.08. The van der Waals surface area contributed by atoms with Crippen LogP contribution >= 0.6 is 11.3 Å². The number of nitrogens with zero attached hydrogens (tertiary/aromatic N) is 2. The first kappa shape index (κ1) is 20.7. The van der Waals surface area contributed by atoms with Gasteiger partial charge in [0.2, 0.25) is 5.91 Å². The molecule has 150 valence electrons. The summed E-state index contributed by atoms with van der Waals surface area (Å²) in [5.74, 6) is -0.495. The van der Waals surface area contributed by atoms with Crippen molar-refractivity contribution in [2.75, 3.05) is 4.90 Å². The highest BCUT2D eigenvalue weighted by Crippen LogP contribution is 2.32. The zero-order chi connectivity index (χ0) is 21.0. The van der Waals surface area contributed by atoms with Gasteiger partial charge in [0.15, 0.2) is 5.13 Å². The predicted octanol–water partition coefficient (Wildman–Crippen LogP) is 5.36. The second kappa shape index (κ2) is 9.01. The Balaban J connectivity index is 1.77. The maximum Gasteiger partial charge on any atom is 0.338 e. The Hall–Kier alpha value is -2.99. The molecule has 0 fully saturated rings. The largest absolute Gasteiger partial charge is 0.456 e. The highest BCUT2D eigenvalue weighted by Gasteiger charge is 2.20. The summed E-state index contributed by atoms with van der Waals surface area (Å²) < 4.78 is 5.43. The van der Waals surface area contributed by atoms with E-state index in [9.17, 15) is 9.59 Å². The van der Waals surface area contributed by atoms with Crippen LogP contribution in [-0.2, 0) is 22.6 Å². The Morgan fingerprint density at radius 2 is 1.79 bits per heavy atom. The number of aryl methyl sites for hydroxylation is 3. The number of hydrogen-bond donors (Lipinski definition) is 0. The first-order valence-corrected chi connectivity index (χ1v) is 10.4. The summed E-state index contributed by atoms with van der Waals surface area (Å²) in [6.45, 7) is 7.52. The summed E-state index contributed by atoms with van der Waals surface area (Å²) in [7, 11) is 0. The minimum Gasteiger partial charge on any atom is -0.456 e. The number of hydrogen-bond acceptors (Lipinski definition) is 5. The molecule has 1 heterocycles. The van der Waals surface area contributed by atoms with Gasteiger partial charge in [-0.15, -0.1) is 11.3 Å². The number of esters is 1. The molecule has 29 heavy (non-hydrogen) atoms. The molecule has 3 rings (SSSR count). The molecule has 0 saturated heterocycles. The van der Waals surface area contributed by atoms with Crippen molar-refractivity contribution in [1.82, 2.24) is 4.98 Å². The molecule has 1 amide bonds. The van der Waals surface area contributed by atoms with E-state index >= 15 is 0 Å². The molecule has 0 bridgehead atoms. The van der Waals surface area contributed by atoms with Crippen molar-refractivity contribution in [3.63, 3.8) is 0 Å². The lowest BCUT2D eigenvalue weighted by Crippen LogP contribution is -2.23. The quantitative estimate of drug-likeness (QED) is 0.515. The van der Waals surface area contributed by atoms with E-state index in [1.807, 2.05) is 49.6 Å². The molecule has 0 radical (unpaired) electrons. The molecule has 1 aromatic heterocycles. The Morgan fingerprint density at radius 3 is 2.45 bits per heavy atom. The van der Waals surface area contributed by atoms with Gasteiger partial charge in [-0.1, -0.05) is 42.3 Å². The van der Waals surface area contributed by atoms with Gasteiger partial charge in [-0.05, 0) is 44.0 Å². The Labute approximate surface area is 175 Å². The zero-order valence-electron chi connectivity index (χ0n) is 17.1. The van der Waals surface area contributed by atoms with Crippen LogP contribution in [0.3, 0.4) is 0 Å². The number of benzene rings is 2. The van der Waals surface area contributed by atoms with Gasteiger partial charge in [0.05, 0.1) is 16.9 Å². The first-order valence-electron chi connectivity index (χ1n) is 9.47. The van der Waals surface area contributed by atoms with E-state index < -0.39 is 0 Å². The predicted molar refractivity (Wildman–Crippen MR) is 116 cm³/mol. The van der Waals surface area contributed by atoms with E-state index in [2.05, 4.69) is 11.9 Å². The number of rotatable bonds is 6. The summed E-state index contributed by atoms with van der Waals surface area (Å²) >= 11 is 1.36. The van der Waals surface area contributed by atoms with Gasteiger partial charge in [-0.3, -0.25) is 9.69 Å². The van der Waals surface area contributed by atoms with Crippen molar-refractivity contribution in [3.05, 3.63) is 75.8 Å². The van der Waals surface area contributed by atoms with E-state index in [1.165, 1.54) is 18.3 Å². The van der Waals surface area contributed by atoms with E-state index in [0.29, 0.717) is 16.4 Å². The van der Waals surface area contributed by atoms with Gasteiger partial charge in [0, 0.05) is 12.3 Å². The number of thiazole rings is 1. The summed E-state index contributed by atoms with van der Waals surface area (Å²) in [6, 6.07) is 13.4. The number of aromatic nitrogens is 1. The van der Waals surface area contributed by atoms with Gasteiger partial charge in [-0.25, -0.2) is 9.78 Å². The minimum atomic E-state index is -0.383. The Bertz CT molecular complexity index is 1020. The van der Waals surface area contributed by atoms with Gasteiger partial charge in [0.1, 0.15) is 6.61 Å². The third kappa shape index (κ3) is 4.90. The number of ether oxygens (including phenoxy) is 1. The lowest BCUT2D eigenvalue weighted by Gasteiger charge is -2.20. The van der Waals surface area contributed by atoms with E-state index in [0.717, 1.165) is 28.8 Å². The van der Waals surface area contributed by atoms with Crippen LogP contribution in [-0.4, -0.2) is 16.9 Å². The second-order valence-corrected chi connectivity index (χ2v) is 7.75. The summed E-state index contributed by atoms with van der Waals surface area (Å²) in [4.78, 5) is 30.9. The van der Waals surface area contributed by atoms with Crippen LogP contribution in [0.25, 0.3) is 0 Å². The van der Waals surface area contributed by atoms with Gasteiger partial charge in [0.25, 0.3) is 0 Å². The maximum atomic E-state index is 12.4. The summed E-state index contributed by atoms with van der Waals surface area (Å²) in [5, 5.41) is 2.38. The third-order valence-corrected chi connectivity index (χ3v) is 5.34. The second-order valence-electron chi connectivity index (χ2n) is 6.91. The average Bonchev–Trinajstić information content (AvgIpc) is 3.14. The summed E-state index contributed by atoms with van der Waals surface area (Å²) in [5.41, 5.74) is 5.07. The lowest BCUT2D eigenvalue weighted by molar-refractivity contribution is -0.115. The molecule has 0 aliphatic carbocycles. The van der Waals surface area contributed by atoms with Crippen molar-refractivity contribution < 1.29 is 14.3 Å². The molecule has 0 unspecified atom stereocenters. The highest BCUT2D eigenvalue weighted by atomic mass is 32.1. The van der Waals surface area contributed by atoms with E-state index in [-0.39, 0.29) is 18.5 Å². The van der Waals surface area contributed by atoms with Crippen LogP contribution in [0.2, 0.25) is 0 Å². The fraction of sp³-hybridized carbons (Fsp3) is 0.261. The Kier molecular flexibility index (Phi) is 6.44. The molecule has 0 aliphatic rings. The minimum absolute atomic E-state index is 0.0590. The fourth-order valence-electron chi connectivity index (χ4n) is 3.22. The highest BCUT2D eigenvalue weighted by molar-refractivity contribution is 7.14. The van der Waals surface area contributed by atoms with Crippen LogP contribution in [0.5, 0.6) is 0 Å². The van der Waals surface area contributed by atoms with Crippen molar-refractivity contribution in [2.45, 2.75) is 40.7 Å². The van der Waals surface area contributed by atoms with Crippen molar-refractivity contribution >= 4 is 34.0 Å². The number of amides is 1. The summed E-state index contributed by atoms with van der Waals surface area (Å²) in [6.07, 6.45) is 0.811. The third-order valence-electron chi connectivity index (χ3n) is 4.47. The molecule has 0 N–H and O–H groups in total. The van der Waals surface area contributed by atoms with Crippen LogP contribution in [0.4, 0.5) is 10.8 Å². The van der Waals surface area contributed by atoms with E-state index in [4.69, 9.17) is 4.74 Å². The average molecular weight is 409 g/mol. The SMILES string of the molecule is CCc1ccccc1N(C(C)=O)c1nc(COC(=O)c2cc(C)cc(C)c2)cs1. The van der Waals surface area contributed by atoms with Gasteiger partial charge in [-0.2, -0.15) is 0 Å². The van der Waals surface area contributed by atoms with Crippen LogP contribution < -0.4 is 4.90 Å². The van der Waals surface area contributed by atoms with E-state index in [1.54, 1.807) is 17.0 Å². The molecular formula is C23H24N2O3S. The van der Waals surface area contributed by atoms with Crippen molar-refractivity contribution in [3.8, 4) is 0 Å². The molecule has 0 atom stereocenters. The molecule has 3 aromatic rings. The zero-order valence-corrected chi connectivity index (χ0v) is 17.9. The van der Waals surface area contributed by atoms with Crippen molar-refractivity contribution in [1.29, 1.82) is 0 Å². The molecule has 5 nitrogen and oxygen atoms in total. The van der Waals surface area contributed by atoms with Crippen LogP contribution in [0.15, 0.2) is 47.8 Å². The molecular weight excluding hydrogens is 384 g/mol. The monoisotopic (exact) mass is 408 g/mol. The smallest absolute Gasteiger partial charge is 0.338 e. The van der Waals surface area contributed by atoms with Crippen molar-refractivity contribution in [2.24, 2.45) is 0 Å². The van der Waals surface area contributed by atoms with Crippen LogP contribution in [0.1, 0.15) is 46.6 Å². The molecule has 0 saturated carbocycles. The number of para-hydroxylation sites is 1. The number of anilines is 2. The topological polar surface area (TPSA) is 59.5 Å². The lowest BCUT2D eigenvalue weighted by atomic mass is 10.1.